The fraction of sp³-hybridized carbons (Fsp3) is 0.240. The third-order valence-corrected chi connectivity index (χ3v) is 7.08. The Morgan fingerprint density at radius 3 is 2.27 bits per heavy atom. The van der Waals surface area contributed by atoms with Gasteiger partial charge in [0.2, 0.25) is 15.9 Å². The average Bonchev–Trinajstić information content (AvgIpc) is 2.81. The van der Waals surface area contributed by atoms with Gasteiger partial charge in [-0.2, -0.15) is 4.31 Å². The minimum atomic E-state index is -3.71. The summed E-state index contributed by atoms with van der Waals surface area (Å²) in [6.07, 6.45) is 0.0923. The van der Waals surface area contributed by atoms with Crippen LogP contribution >= 0.6 is 0 Å². The first-order valence-electron chi connectivity index (χ1n) is 10.7. The van der Waals surface area contributed by atoms with E-state index in [-0.39, 0.29) is 22.9 Å². The van der Waals surface area contributed by atoms with Crippen LogP contribution in [0.4, 0.5) is 5.69 Å². The highest BCUT2D eigenvalue weighted by Crippen LogP contribution is 2.33. The smallest absolute Gasteiger partial charge is 0.243 e. The van der Waals surface area contributed by atoms with Crippen LogP contribution in [0, 0.1) is 0 Å². The maximum Gasteiger partial charge on any atom is 0.243 e. The number of nitrogens with zero attached hydrogens (tertiary/aromatic N) is 1. The summed E-state index contributed by atoms with van der Waals surface area (Å²) in [5.41, 5.74) is 1.05. The van der Waals surface area contributed by atoms with Crippen molar-refractivity contribution in [3.63, 3.8) is 0 Å². The van der Waals surface area contributed by atoms with Crippen LogP contribution in [0.3, 0.4) is 0 Å². The molecule has 0 saturated carbocycles. The van der Waals surface area contributed by atoms with Crippen LogP contribution < -0.4 is 14.8 Å². The molecular weight excluding hydrogens is 440 g/mol. The third-order valence-electron chi connectivity index (χ3n) is 5.04. The first kappa shape index (κ1) is 24.3. The lowest BCUT2D eigenvalue weighted by molar-refractivity contribution is -0.115. The topological polar surface area (TPSA) is 84.9 Å². The zero-order valence-electron chi connectivity index (χ0n) is 18.9. The van der Waals surface area contributed by atoms with E-state index in [1.165, 1.54) is 16.4 Å². The molecule has 3 rings (SSSR count). The Bertz CT molecular complexity index is 1190. The van der Waals surface area contributed by atoms with Crippen molar-refractivity contribution in [2.45, 2.75) is 25.2 Å². The zero-order valence-corrected chi connectivity index (χ0v) is 19.8. The summed E-state index contributed by atoms with van der Waals surface area (Å²) >= 11 is 0. The first-order chi connectivity index (χ1) is 15.9. The van der Waals surface area contributed by atoms with Crippen molar-refractivity contribution < 1.29 is 22.7 Å². The zero-order chi connectivity index (χ0) is 23.8. The molecule has 1 amide bonds. The van der Waals surface area contributed by atoms with Crippen molar-refractivity contribution in [2.24, 2.45) is 0 Å². The number of para-hydroxylation sites is 1. The molecule has 0 atom stereocenters. The van der Waals surface area contributed by atoms with Gasteiger partial charge in [0.05, 0.1) is 24.1 Å². The van der Waals surface area contributed by atoms with Crippen LogP contribution in [0.15, 0.2) is 77.7 Å². The van der Waals surface area contributed by atoms with Crippen molar-refractivity contribution >= 4 is 21.6 Å². The number of nitrogens with one attached hydrogen (secondary N) is 1. The van der Waals surface area contributed by atoms with E-state index < -0.39 is 10.0 Å². The van der Waals surface area contributed by atoms with E-state index in [2.05, 4.69) is 5.32 Å². The van der Waals surface area contributed by atoms with E-state index in [9.17, 15) is 13.2 Å². The van der Waals surface area contributed by atoms with Gasteiger partial charge in [0.15, 0.2) is 5.75 Å². The fourth-order valence-corrected chi connectivity index (χ4v) is 4.83. The van der Waals surface area contributed by atoms with Gasteiger partial charge < -0.3 is 14.8 Å². The van der Waals surface area contributed by atoms with Crippen molar-refractivity contribution in [3.05, 3.63) is 78.4 Å². The highest BCUT2D eigenvalue weighted by Gasteiger charge is 2.23. The lowest BCUT2D eigenvalue weighted by Crippen LogP contribution is -2.30. The van der Waals surface area contributed by atoms with Crippen LogP contribution in [0.2, 0.25) is 0 Å². The average molecular weight is 469 g/mol. The van der Waals surface area contributed by atoms with Crippen LogP contribution in [-0.2, 0) is 21.2 Å². The van der Waals surface area contributed by atoms with E-state index in [1.807, 2.05) is 30.3 Å². The number of ether oxygens (including phenoxy) is 2. The monoisotopic (exact) mass is 468 g/mol. The Morgan fingerprint density at radius 1 is 0.909 bits per heavy atom. The minimum Gasteiger partial charge on any atom is -0.497 e. The minimum absolute atomic E-state index is 0.0864. The number of sulfonamides is 1. The largest absolute Gasteiger partial charge is 0.497 e. The van der Waals surface area contributed by atoms with Crippen LogP contribution in [-0.4, -0.2) is 38.8 Å². The highest BCUT2D eigenvalue weighted by atomic mass is 32.2. The SMILES string of the molecule is CCN(CC)S(=O)(=O)c1ccc(Oc2ccccc2)c(NC(=O)Cc2cccc(OC)c2)c1. The van der Waals surface area contributed by atoms with Crippen LogP contribution in [0.25, 0.3) is 0 Å². The second-order valence-electron chi connectivity index (χ2n) is 7.24. The van der Waals surface area contributed by atoms with E-state index in [1.54, 1.807) is 51.3 Å². The van der Waals surface area contributed by atoms with Gasteiger partial charge in [0, 0.05) is 13.1 Å². The van der Waals surface area contributed by atoms with E-state index in [4.69, 9.17) is 9.47 Å². The van der Waals surface area contributed by atoms with Crippen LogP contribution in [0.1, 0.15) is 19.4 Å². The van der Waals surface area contributed by atoms with E-state index in [0.717, 1.165) is 5.56 Å². The molecule has 0 heterocycles. The van der Waals surface area contributed by atoms with Gasteiger partial charge in [0.25, 0.3) is 0 Å². The number of methoxy groups -OCH3 is 1. The van der Waals surface area contributed by atoms with Gasteiger partial charge in [-0.15, -0.1) is 0 Å². The standard InChI is InChI=1S/C25H28N2O5S/c1-4-27(5-2)33(29,30)22-14-15-24(32-20-11-7-6-8-12-20)23(18-22)26-25(28)17-19-10-9-13-21(16-19)31-3/h6-16,18H,4-5,17H2,1-3H3,(H,26,28). The summed E-state index contributed by atoms with van der Waals surface area (Å²) in [7, 11) is -2.14. The molecule has 0 aliphatic heterocycles. The van der Waals surface area contributed by atoms with E-state index >= 15 is 0 Å². The van der Waals surface area contributed by atoms with Gasteiger partial charge in [0.1, 0.15) is 11.5 Å². The first-order valence-corrected chi connectivity index (χ1v) is 12.1. The molecule has 8 heteroatoms. The molecule has 0 bridgehead atoms. The molecule has 1 N–H and O–H groups in total. The molecule has 3 aromatic carbocycles. The third kappa shape index (κ3) is 6.12. The van der Waals surface area contributed by atoms with Crippen molar-refractivity contribution in [2.75, 3.05) is 25.5 Å². The molecule has 3 aromatic rings. The number of carbonyl (C=O) groups is 1. The van der Waals surface area contributed by atoms with Gasteiger partial charge in [-0.3, -0.25) is 4.79 Å². The van der Waals surface area contributed by atoms with Crippen molar-refractivity contribution in [3.8, 4) is 17.2 Å². The summed E-state index contributed by atoms with van der Waals surface area (Å²) in [4.78, 5) is 12.9. The molecule has 174 valence electrons. The molecule has 0 unspecified atom stereocenters. The molecule has 33 heavy (non-hydrogen) atoms. The lowest BCUT2D eigenvalue weighted by Gasteiger charge is -2.20. The lowest BCUT2D eigenvalue weighted by atomic mass is 10.1. The molecule has 0 aromatic heterocycles. The van der Waals surface area contributed by atoms with Gasteiger partial charge >= 0.3 is 0 Å². The number of hydrogen-bond acceptors (Lipinski definition) is 5. The molecule has 0 aliphatic carbocycles. The second kappa shape index (κ2) is 11.0. The Labute approximate surface area is 195 Å². The molecule has 0 aliphatic rings. The molecule has 0 spiro atoms. The van der Waals surface area contributed by atoms with Gasteiger partial charge in [-0.1, -0.05) is 44.2 Å². The summed E-state index contributed by atoms with van der Waals surface area (Å²) in [6.45, 7) is 4.26. The quantitative estimate of drug-likeness (QED) is 0.466. The van der Waals surface area contributed by atoms with E-state index in [0.29, 0.717) is 30.3 Å². The normalized spacial score (nSPS) is 11.3. The predicted octanol–water partition coefficient (Wildman–Crippen LogP) is 4.70. The summed E-state index contributed by atoms with van der Waals surface area (Å²) < 4.78 is 38.6. The molecule has 0 fully saturated rings. The van der Waals surface area contributed by atoms with Crippen LogP contribution in [0.5, 0.6) is 17.2 Å². The molecule has 0 radical (unpaired) electrons. The predicted molar refractivity (Wildman–Crippen MR) is 128 cm³/mol. The maximum atomic E-state index is 13.0. The Kier molecular flexibility index (Phi) is 8.08. The van der Waals surface area contributed by atoms with Gasteiger partial charge in [-0.05, 0) is 48.0 Å². The highest BCUT2D eigenvalue weighted by molar-refractivity contribution is 7.89. The van der Waals surface area contributed by atoms with Gasteiger partial charge in [-0.25, -0.2) is 8.42 Å². The Hall–Kier alpha value is -3.36. The summed E-state index contributed by atoms with van der Waals surface area (Å²) in [5.74, 6) is 1.26. The number of carbonyl (C=O) groups excluding carboxylic acids is 1. The molecular formula is C25H28N2O5S. The van der Waals surface area contributed by atoms with Crippen molar-refractivity contribution in [1.82, 2.24) is 4.31 Å². The fourth-order valence-electron chi connectivity index (χ4n) is 3.35. The number of benzene rings is 3. The second-order valence-corrected chi connectivity index (χ2v) is 9.18. The summed E-state index contributed by atoms with van der Waals surface area (Å²) in [6, 6.07) is 20.8. The number of hydrogen-bond donors (Lipinski definition) is 1. The molecule has 0 saturated heterocycles. The summed E-state index contributed by atoms with van der Waals surface area (Å²) in [5, 5.41) is 2.82. The molecule has 7 nitrogen and oxygen atoms in total. The van der Waals surface area contributed by atoms with Crippen molar-refractivity contribution in [1.29, 1.82) is 0 Å². The number of rotatable bonds is 10. The number of amides is 1. The Balaban J connectivity index is 1.93. The Morgan fingerprint density at radius 2 is 1.61 bits per heavy atom. The maximum absolute atomic E-state index is 13.0. The number of anilines is 1.